The van der Waals surface area contributed by atoms with E-state index in [-0.39, 0.29) is 24.8 Å². The number of benzene rings is 1. The van der Waals surface area contributed by atoms with Crippen molar-refractivity contribution in [2.45, 2.75) is 12.1 Å². The van der Waals surface area contributed by atoms with Gasteiger partial charge in [-0.1, -0.05) is 6.07 Å². The number of nitrogens with zero attached hydrogens (tertiary/aromatic N) is 2. The van der Waals surface area contributed by atoms with Crippen LogP contribution in [-0.4, -0.2) is 40.5 Å². The average molecular weight is 367 g/mol. The van der Waals surface area contributed by atoms with Gasteiger partial charge in [-0.05, 0) is 29.8 Å². The van der Waals surface area contributed by atoms with Crippen molar-refractivity contribution >= 4 is 23.0 Å². The van der Waals surface area contributed by atoms with Gasteiger partial charge in [-0.15, -0.1) is 0 Å². The fourth-order valence-corrected chi connectivity index (χ4v) is 3.24. The van der Waals surface area contributed by atoms with Gasteiger partial charge in [0.05, 0.1) is 13.7 Å². The predicted octanol–water partition coefficient (Wildman–Crippen LogP) is 1.73. The number of fused-ring (bicyclic) bond motifs is 2. The Morgan fingerprint density at radius 2 is 2.22 bits per heavy atom. The number of carbonyl (C=O) groups is 2. The van der Waals surface area contributed by atoms with E-state index in [1.54, 1.807) is 36.5 Å². The Kier molecular flexibility index (Phi) is 3.85. The molecule has 0 aliphatic carbocycles. The number of amides is 1. The van der Waals surface area contributed by atoms with Crippen LogP contribution >= 0.6 is 0 Å². The average Bonchev–Trinajstić information content (AvgIpc) is 3.23. The Hall–Kier alpha value is -3.39. The number of nitrogens with two attached hydrogens (primary N) is 1. The molecule has 1 aliphatic heterocycles. The molecule has 0 spiro atoms. The zero-order valence-corrected chi connectivity index (χ0v) is 14.5. The van der Waals surface area contributed by atoms with Crippen molar-refractivity contribution in [2.75, 3.05) is 13.7 Å². The molecule has 27 heavy (non-hydrogen) atoms. The number of aromatic nitrogens is 1. The van der Waals surface area contributed by atoms with Crippen LogP contribution < -0.4 is 10.5 Å². The number of rotatable bonds is 5. The quantitative estimate of drug-likeness (QED) is 0.705. The summed E-state index contributed by atoms with van der Waals surface area (Å²) >= 11 is 0. The molecule has 0 fully saturated rings. The Balaban J connectivity index is 1.68. The lowest BCUT2D eigenvalue weighted by Crippen LogP contribution is -2.53. The molecule has 0 bridgehead atoms. The summed E-state index contributed by atoms with van der Waals surface area (Å²) in [6.07, 6.45) is 1.58. The maximum atomic E-state index is 12.7. The second-order valence-electron chi connectivity index (χ2n) is 6.46. The normalized spacial score (nSPS) is 15.6. The maximum Gasteiger partial charge on any atom is 0.333 e. The first-order valence-corrected chi connectivity index (χ1v) is 8.26. The Morgan fingerprint density at radius 3 is 2.93 bits per heavy atom. The highest BCUT2D eigenvalue weighted by atomic mass is 16.5. The molecule has 3 heterocycles. The molecule has 3 N–H and O–H groups in total. The topological polar surface area (TPSA) is 119 Å². The molecule has 1 amide bonds. The molecule has 3 aromatic rings. The predicted molar refractivity (Wildman–Crippen MR) is 95.2 cm³/mol. The smallest absolute Gasteiger partial charge is 0.333 e. The molecule has 1 atom stereocenters. The van der Waals surface area contributed by atoms with Crippen molar-refractivity contribution in [3.05, 3.63) is 59.5 Å². The first-order valence-electron chi connectivity index (χ1n) is 8.26. The minimum absolute atomic E-state index is 0.0463. The molecular formula is C19H17N3O5. The highest BCUT2D eigenvalue weighted by Crippen LogP contribution is 2.31. The van der Waals surface area contributed by atoms with Crippen LogP contribution in [0.25, 0.3) is 11.1 Å². The summed E-state index contributed by atoms with van der Waals surface area (Å²) in [5.41, 5.74) is 6.53. The highest BCUT2D eigenvalue weighted by Gasteiger charge is 2.44. The van der Waals surface area contributed by atoms with Crippen LogP contribution in [0.3, 0.4) is 0 Å². The number of hydrogen-bond acceptors (Lipinski definition) is 6. The summed E-state index contributed by atoms with van der Waals surface area (Å²) in [5, 5.41) is 9.79. The Morgan fingerprint density at radius 1 is 1.41 bits per heavy atom. The van der Waals surface area contributed by atoms with Crippen molar-refractivity contribution in [1.82, 2.24) is 9.88 Å². The number of pyridine rings is 1. The number of methoxy groups -OCH3 is 1. The third-order valence-corrected chi connectivity index (χ3v) is 4.74. The molecule has 1 aliphatic rings. The zero-order valence-electron chi connectivity index (χ0n) is 14.5. The molecule has 8 heteroatoms. The zero-order chi connectivity index (χ0) is 19.2. The van der Waals surface area contributed by atoms with E-state index in [4.69, 9.17) is 14.9 Å². The summed E-state index contributed by atoms with van der Waals surface area (Å²) in [7, 11) is 1.52. The van der Waals surface area contributed by atoms with E-state index in [1.807, 2.05) is 0 Å². The van der Waals surface area contributed by atoms with Gasteiger partial charge in [0.25, 0.3) is 5.91 Å². The van der Waals surface area contributed by atoms with Gasteiger partial charge in [-0.2, -0.15) is 0 Å². The minimum Gasteiger partial charge on any atom is -0.497 e. The minimum atomic E-state index is -1.90. The van der Waals surface area contributed by atoms with Gasteiger partial charge in [0.1, 0.15) is 17.0 Å². The fourth-order valence-electron chi connectivity index (χ4n) is 3.24. The van der Waals surface area contributed by atoms with Gasteiger partial charge < -0.3 is 24.9 Å². The molecule has 0 saturated carbocycles. The lowest BCUT2D eigenvalue weighted by atomic mass is 9.97. The van der Waals surface area contributed by atoms with Crippen LogP contribution in [0.4, 0.5) is 0 Å². The van der Waals surface area contributed by atoms with Crippen LogP contribution in [0, 0.1) is 0 Å². The summed E-state index contributed by atoms with van der Waals surface area (Å²) < 4.78 is 10.8. The number of carboxylic acids is 1. The van der Waals surface area contributed by atoms with Crippen molar-refractivity contribution in [1.29, 1.82) is 0 Å². The van der Waals surface area contributed by atoms with E-state index >= 15 is 0 Å². The second-order valence-corrected chi connectivity index (χ2v) is 6.46. The number of hydrogen-bond donors (Lipinski definition) is 2. The highest BCUT2D eigenvalue weighted by molar-refractivity contribution is 5.99. The van der Waals surface area contributed by atoms with Crippen molar-refractivity contribution < 1.29 is 23.8 Å². The van der Waals surface area contributed by atoms with Crippen LogP contribution in [0.5, 0.6) is 5.75 Å². The van der Waals surface area contributed by atoms with Crippen LogP contribution in [-0.2, 0) is 16.9 Å². The van der Waals surface area contributed by atoms with Gasteiger partial charge in [-0.25, -0.2) is 4.79 Å². The number of aliphatic carboxylic acids is 1. The summed E-state index contributed by atoms with van der Waals surface area (Å²) in [6, 6.07) is 10.0. The van der Waals surface area contributed by atoms with E-state index in [2.05, 4.69) is 4.98 Å². The van der Waals surface area contributed by atoms with Gasteiger partial charge in [0, 0.05) is 24.4 Å². The summed E-state index contributed by atoms with van der Waals surface area (Å²) in [4.78, 5) is 30.3. The van der Waals surface area contributed by atoms with Crippen LogP contribution in [0.2, 0.25) is 0 Å². The number of ether oxygens (including phenoxy) is 1. The van der Waals surface area contributed by atoms with Gasteiger partial charge in [0.15, 0.2) is 11.1 Å². The largest absolute Gasteiger partial charge is 0.497 e. The first-order chi connectivity index (χ1) is 12.9. The maximum absolute atomic E-state index is 12.7. The number of carbonyl (C=O) groups excluding carboxylic acids is 1. The molecule has 0 unspecified atom stereocenters. The third kappa shape index (κ3) is 2.70. The SMILES string of the molecule is COc1ccc2c(c1)C(=O)N(C[C@@](N)(C(=O)O)c1cc3ncccc3o1)C2. The molecule has 8 nitrogen and oxygen atoms in total. The van der Waals surface area contributed by atoms with E-state index in [1.165, 1.54) is 18.1 Å². The summed E-state index contributed by atoms with van der Waals surface area (Å²) in [5.74, 6) is -0.980. The third-order valence-electron chi connectivity index (χ3n) is 4.74. The van der Waals surface area contributed by atoms with Crippen molar-refractivity contribution in [2.24, 2.45) is 5.73 Å². The second kappa shape index (κ2) is 6.10. The van der Waals surface area contributed by atoms with Crippen molar-refractivity contribution in [3.8, 4) is 5.75 Å². The number of carboxylic acid groups (broad SMARTS) is 1. The lowest BCUT2D eigenvalue weighted by molar-refractivity contribution is -0.145. The van der Waals surface area contributed by atoms with E-state index < -0.39 is 11.5 Å². The van der Waals surface area contributed by atoms with Crippen LogP contribution in [0.15, 0.2) is 47.0 Å². The standard InChI is InChI=1S/C19H17N3O5/c1-26-12-5-4-11-9-22(17(23)13(11)7-12)10-19(20,18(24)25)16-8-14-15(27-16)3-2-6-21-14/h2-8H,9-10,20H2,1H3,(H,24,25)/t19-/m0/s1. The van der Waals surface area contributed by atoms with E-state index in [0.717, 1.165) is 5.56 Å². The monoisotopic (exact) mass is 367 g/mol. The van der Waals surface area contributed by atoms with Gasteiger partial charge in [0.2, 0.25) is 0 Å². The van der Waals surface area contributed by atoms with Crippen molar-refractivity contribution in [3.63, 3.8) is 0 Å². The molecule has 2 aromatic heterocycles. The van der Waals surface area contributed by atoms with Gasteiger partial charge >= 0.3 is 5.97 Å². The van der Waals surface area contributed by atoms with Gasteiger partial charge in [-0.3, -0.25) is 9.78 Å². The van der Waals surface area contributed by atoms with E-state index in [9.17, 15) is 14.7 Å². The van der Waals surface area contributed by atoms with Crippen LogP contribution in [0.1, 0.15) is 21.7 Å². The molecule has 0 saturated heterocycles. The molecule has 138 valence electrons. The van der Waals surface area contributed by atoms with E-state index in [0.29, 0.717) is 22.4 Å². The Labute approximate surface area is 154 Å². The molecule has 1 aromatic carbocycles. The molecular weight excluding hydrogens is 350 g/mol. The molecule has 4 rings (SSSR count). The lowest BCUT2D eigenvalue weighted by Gasteiger charge is -2.27. The summed E-state index contributed by atoms with van der Waals surface area (Å²) in [6.45, 7) is 0.0286. The molecule has 0 radical (unpaired) electrons. The first kappa shape index (κ1) is 17.0. The fraction of sp³-hybridized carbons (Fsp3) is 0.211. The Bertz CT molecular complexity index is 1030. The number of furan rings is 1.